The maximum atomic E-state index is 12.4. The molecule has 2 heterocycles. The van der Waals surface area contributed by atoms with Crippen LogP contribution in [0.4, 0.5) is 11.4 Å². The second-order valence-corrected chi connectivity index (χ2v) is 10.3. The fourth-order valence-corrected chi connectivity index (χ4v) is 6.01. The first-order chi connectivity index (χ1) is 15.0. The topological polar surface area (TPSA) is 70.5 Å². The highest BCUT2D eigenvalue weighted by molar-refractivity contribution is 7.99. The van der Waals surface area contributed by atoms with Crippen LogP contribution in [0.15, 0.2) is 76.7 Å². The highest BCUT2D eigenvalue weighted by Crippen LogP contribution is 2.48. The standard InChI is InChI=1S/C24H26N2O3S2/c1-2-3-9-18-10-8-16-25-24(18)23(31(27,28)29)15-17-26-19-11-4-6-13-21(19)30-22-14-7-5-12-20(22)26/h4-8,10-14,16,23H,2-3,9,15,17H2,1H3,(H,27,28,29). The van der Waals surface area contributed by atoms with Crippen molar-refractivity contribution in [1.29, 1.82) is 0 Å². The Kier molecular flexibility index (Phi) is 6.65. The van der Waals surface area contributed by atoms with E-state index in [0.717, 1.165) is 46.0 Å². The summed E-state index contributed by atoms with van der Waals surface area (Å²) in [5.41, 5.74) is 3.45. The van der Waals surface area contributed by atoms with Crippen LogP contribution >= 0.6 is 11.8 Å². The summed E-state index contributed by atoms with van der Waals surface area (Å²) < 4.78 is 34.9. The average molecular weight is 455 g/mol. The van der Waals surface area contributed by atoms with Crippen molar-refractivity contribution in [2.45, 2.75) is 47.6 Å². The minimum absolute atomic E-state index is 0.238. The van der Waals surface area contributed by atoms with Gasteiger partial charge >= 0.3 is 0 Å². The van der Waals surface area contributed by atoms with Gasteiger partial charge in [-0.05, 0) is 55.2 Å². The summed E-state index contributed by atoms with van der Waals surface area (Å²) >= 11 is 1.71. The summed E-state index contributed by atoms with van der Waals surface area (Å²) in [5.74, 6) is 0. The Balaban J connectivity index is 1.67. The summed E-state index contributed by atoms with van der Waals surface area (Å²) in [6.45, 7) is 2.54. The van der Waals surface area contributed by atoms with Crippen molar-refractivity contribution in [1.82, 2.24) is 4.98 Å². The minimum atomic E-state index is -4.32. The molecular formula is C24H26N2O3S2. The molecule has 0 amide bonds. The zero-order chi connectivity index (χ0) is 21.8. The zero-order valence-electron chi connectivity index (χ0n) is 17.4. The van der Waals surface area contributed by atoms with Gasteiger partial charge in [-0.2, -0.15) is 8.42 Å². The minimum Gasteiger partial charge on any atom is -0.340 e. The molecule has 1 N–H and O–H groups in total. The third-order valence-corrected chi connectivity index (χ3v) is 7.85. The predicted molar refractivity (Wildman–Crippen MR) is 126 cm³/mol. The molecular weight excluding hydrogens is 428 g/mol. The summed E-state index contributed by atoms with van der Waals surface area (Å²) in [6, 6.07) is 20.0. The molecule has 0 radical (unpaired) electrons. The largest absolute Gasteiger partial charge is 0.340 e. The van der Waals surface area contributed by atoms with E-state index in [1.807, 2.05) is 48.5 Å². The van der Waals surface area contributed by atoms with Crippen LogP contribution in [0.2, 0.25) is 0 Å². The number of aryl methyl sites for hydroxylation is 1. The monoisotopic (exact) mass is 454 g/mol. The molecule has 162 valence electrons. The van der Waals surface area contributed by atoms with Crippen molar-refractivity contribution in [3.63, 3.8) is 0 Å². The van der Waals surface area contributed by atoms with Gasteiger partial charge in [0.1, 0.15) is 5.25 Å². The van der Waals surface area contributed by atoms with Crippen LogP contribution < -0.4 is 4.90 Å². The van der Waals surface area contributed by atoms with E-state index < -0.39 is 15.4 Å². The molecule has 0 saturated heterocycles. The lowest BCUT2D eigenvalue weighted by molar-refractivity contribution is 0.462. The van der Waals surface area contributed by atoms with Gasteiger partial charge in [-0.15, -0.1) is 0 Å². The Hall–Kier alpha value is -2.35. The molecule has 1 aliphatic heterocycles. The Labute approximate surface area is 188 Å². The van der Waals surface area contributed by atoms with E-state index in [9.17, 15) is 13.0 Å². The van der Waals surface area contributed by atoms with Crippen LogP contribution in [0.1, 0.15) is 42.7 Å². The maximum Gasteiger partial charge on any atom is 0.273 e. The lowest BCUT2D eigenvalue weighted by atomic mass is 10.0. The smallest absolute Gasteiger partial charge is 0.273 e. The fraction of sp³-hybridized carbons (Fsp3) is 0.292. The number of nitrogens with zero attached hydrogens (tertiary/aromatic N) is 2. The number of aromatic nitrogens is 1. The molecule has 1 unspecified atom stereocenters. The molecule has 31 heavy (non-hydrogen) atoms. The number of rotatable bonds is 8. The molecule has 0 saturated carbocycles. The number of fused-ring (bicyclic) bond motifs is 2. The molecule has 0 fully saturated rings. The Morgan fingerprint density at radius 1 is 1.00 bits per heavy atom. The van der Waals surface area contributed by atoms with E-state index in [1.54, 1.807) is 18.0 Å². The highest BCUT2D eigenvalue weighted by Gasteiger charge is 2.31. The first-order valence-corrected chi connectivity index (χ1v) is 12.8. The molecule has 0 bridgehead atoms. The van der Waals surface area contributed by atoms with Crippen molar-refractivity contribution >= 4 is 33.3 Å². The van der Waals surface area contributed by atoms with Gasteiger partial charge in [-0.1, -0.05) is 55.4 Å². The second kappa shape index (κ2) is 9.42. The van der Waals surface area contributed by atoms with Gasteiger partial charge in [-0.3, -0.25) is 9.54 Å². The van der Waals surface area contributed by atoms with Crippen LogP contribution in [-0.4, -0.2) is 24.5 Å². The van der Waals surface area contributed by atoms with Crippen molar-refractivity contribution in [3.05, 3.63) is 78.1 Å². The van der Waals surface area contributed by atoms with E-state index in [4.69, 9.17) is 0 Å². The summed E-state index contributed by atoms with van der Waals surface area (Å²) in [6.07, 6.45) is 4.54. The average Bonchev–Trinajstić information content (AvgIpc) is 2.77. The quantitative estimate of drug-likeness (QED) is 0.418. The fourth-order valence-electron chi connectivity index (χ4n) is 4.01. The summed E-state index contributed by atoms with van der Waals surface area (Å²) in [7, 11) is -4.32. The van der Waals surface area contributed by atoms with Crippen LogP contribution in [0.5, 0.6) is 0 Å². The maximum absolute atomic E-state index is 12.4. The van der Waals surface area contributed by atoms with Gasteiger partial charge in [0.25, 0.3) is 10.1 Å². The number of anilines is 2. The van der Waals surface area contributed by atoms with Gasteiger partial charge < -0.3 is 4.90 Å². The van der Waals surface area contributed by atoms with Crippen molar-refractivity contribution in [2.24, 2.45) is 0 Å². The molecule has 5 nitrogen and oxygen atoms in total. The number of para-hydroxylation sites is 2. The molecule has 0 spiro atoms. The molecule has 1 atom stereocenters. The van der Waals surface area contributed by atoms with E-state index >= 15 is 0 Å². The zero-order valence-corrected chi connectivity index (χ0v) is 19.1. The van der Waals surface area contributed by atoms with Gasteiger partial charge in [0.2, 0.25) is 0 Å². The van der Waals surface area contributed by atoms with E-state index in [2.05, 4.69) is 28.9 Å². The first-order valence-electron chi connectivity index (χ1n) is 10.5. The summed E-state index contributed by atoms with van der Waals surface area (Å²) in [4.78, 5) is 8.80. The first kappa shape index (κ1) is 21.9. The number of hydrogen-bond acceptors (Lipinski definition) is 5. The molecule has 4 rings (SSSR count). The van der Waals surface area contributed by atoms with Crippen LogP contribution in [0.3, 0.4) is 0 Å². The Bertz CT molecular complexity index is 1120. The van der Waals surface area contributed by atoms with Crippen LogP contribution in [0.25, 0.3) is 0 Å². The third-order valence-electron chi connectivity index (χ3n) is 5.54. The Morgan fingerprint density at radius 2 is 1.65 bits per heavy atom. The van der Waals surface area contributed by atoms with Gasteiger partial charge in [0.15, 0.2) is 0 Å². The number of pyridine rings is 1. The highest BCUT2D eigenvalue weighted by atomic mass is 32.2. The number of benzene rings is 2. The molecule has 0 aliphatic carbocycles. The molecule has 3 aromatic rings. The van der Waals surface area contributed by atoms with Crippen molar-refractivity contribution in [2.75, 3.05) is 11.4 Å². The van der Waals surface area contributed by atoms with Gasteiger partial charge in [0.05, 0.1) is 17.1 Å². The van der Waals surface area contributed by atoms with Crippen molar-refractivity contribution in [3.8, 4) is 0 Å². The molecule has 1 aromatic heterocycles. The summed E-state index contributed by atoms with van der Waals surface area (Å²) in [5, 5.41) is -1.06. The number of unbranched alkanes of at least 4 members (excludes halogenated alkanes) is 1. The van der Waals surface area contributed by atoms with Crippen LogP contribution in [-0.2, 0) is 16.5 Å². The second-order valence-electron chi connectivity index (χ2n) is 7.63. The van der Waals surface area contributed by atoms with Gasteiger partial charge in [0, 0.05) is 22.5 Å². The lowest BCUT2D eigenvalue weighted by Gasteiger charge is -2.33. The normalized spacial score (nSPS) is 14.1. The SMILES string of the molecule is CCCCc1cccnc1C(CCN1c2ccccc2Sc2ccccc21)S(=O)(=O)O. The third kappa shape index (κ3) is 4.79. The molecule has 1 aliphatic rings. The lowest BCUT2D eigenvalue weighted by Crippen LogP contribution is -2.26. The predicted octanol–water partition coefficient (Wildman–Crippen LogP) is 6.05. The Morgan fingerprint density at radius 3 is 2.26 bits per heavy atom. The van der Waals surface area contributed by atoms with E-state index in [1.165, 1.54) is 0 Å². The van der Waals surface area contributed by atoms with Crippen LogP contribution in [0, 0.1) is 0 Å². The number of hydrogen-bond donors (Lipinski definition) is 1. The van der Waals surface area contributed by atoms with Crippen molar-refractivity contribution < 1.29 is 13.0 Å². The molecule has 2 aromatic carbocycles. The van der Waals surface area contributed by atoms with Gasteiger partial charge in [-0.25, -0.2) is 0 Å². The van der Waals surface area contributed by atoms with E-state index in [-0.39, 0.29) is 6.42 Å². The molecule has 7 heteroatoms. The van der Waals surface area contributed by atoms with E-state index in [0.29, 0.717) is 12.2 Å².